The summed E-state index contributed by atoms with van der Waals surface area (Å²) < 4.78 is 0. The molecule has 1 N–H and O–H groups in total. The largest absolute Gasteiger partial charge is 0.345 e. The molecule has 0 radical (unpaired) electrons. The zero-order valence-electron chi connectivity index (χ0n) is 11.0. The molecule has 0 bridgehead atoms. The fraction of sp³-hybridized carbons (Fsp3) is 0.923. The maximum absolute atomic E-state index is 11.6. The molecule has 0 aromatic rings. The molecule has 1 fully saturated rings. The Hall–Kier alpha value is -0.570. The van der Waals surface area contributed by atoms with Gasteiger partial charge in [-0.3, -0.25) is 4.79 Å². The molecule has 0 aliphatic heterocycles. The lowest BCUT2D eigenvalue weighted by atomic mass is 9.84. The molecular formula is C13H26N2O. The van der Waals surface area contributed by atoms with Crippen LogP contribution in [0, 0.1) is 5.92 Å². The first-order chi connectivity index (χ1) is 7.65. The van der Waals surface area contributed by atoms with Gasteiger partial charge < -0.3 is 10.2 Å². The first-order valence-corrected chi connectivity index (χ1v) is 6.62. The highest BCUT2D eigenvalue weighted by molar-refractivity contribution is 5.77. The molecule has 1 aliphatic carbocycles. The van der Waals surface area contributed by atoms with Gasteiger partial charge in [-0.05, 0) is 32.6 Å². The fourth-order valence-electron chi connectivity index (χ4n) is 2.36. The van der Waals surface area contributed by atoms with Crippen LogP contribution >= 0.6 is 0 Å². The second kappa shape index (κ2) is 6.89. The third-order valence-corrected chi connectivity index (χ3v) is 3.83. The van der Waals surface area contributed by atoms with Crippen LogP contribution in [0.2, 0.25) is 0 Å². The number of nitrogens with one attached hydrogen (secondary N) is 1. The predicted molar refractivity (Wildman–Crippen MR) is 67.4 cm³/mol. The number of hydrogen-bond acceptors (Lipinski definition) is 2. The normalized spacial score (nSPS) is 19.4. The Morgan fingerprint density at radius 2 is 2.00 bits per heavy atom. The minimum absolute atomic E-state index is 0.199. The number of carbonyl (C=O) groups excluding carboxylic acids is 1. The third kappa shape index (κ3) is 4.12. The highest BCUT2D eigenvalue weighted by Gasteiger charge is 2.20. The number of amides is 1. The van der Waals surface area contributed by atoms with Gasteiger partial charge in [-0.15, -0.1) is 0 Å². The number of likely N-dealkylation sites (N-methyl/N-ethyl adjacent to an activating group) is 1. The first-order valence-electron chi connectivity index (χ1n) is 6.62. The number of carbonyl (C=O) groups is 1. The summed E-state index contributed by atoms with van der Waals surface area (Å²) in [5, 5.41) is 3.38. The van der Waals surface area contributed by atoms with Crippen molar-refractivity contribution >= 4 is 5.91 Å². The van der Waals surface area contributed by atoms with Gasteiger partial charge in [-0.2, -0.15) is 0 Å². The van der Waals surface area contributed by atoms with Crippen molar-refractivity contribution in [1.29, 1.82) is 0 Å². The van der Waals surface area contributed by atoms with Gasteiger partial charge in [-0.25, -0.2) is 0 Å². The summed E-state index contributed by atoms with van der Waals surface area (Å²) in [5.41, 5.74) is 0. The molecule has 16 heavy (non-hydrogen) atoms. The zero-order valence-corrected chi connectivity index (χ0v) is 11.0. The van der Waals surface area contributed by atoms with Crippen molar-refractivity contribution in [3.63, 3.8) is 0 Å². The molecule has 1 saturated carbocycles. The molecule has 0 heterocycles. The highest BCUT2D eigenvalue weighted by Crippen LogP contribution is 2.26. The van der Waals surface area contributed by atoms with E-state index < -0.39 is 0 Å². The van der Waals surface area contributed by atoms with E-state index in [1.165, 1.54) is 32.1 Å². The van der Waals surface area contributed by atoms with Crippen molar-refractivity contribution in [2.75, 3.05) is 20.1 Å². The van der Waals surface area contributed by atoms with Gasteiger partial charge >= 0.3 is 0 Å². The Labute approximate surface area is 99.6 Å². The summed E-state index contributed by atoms with van der Waals surface area (Å²) in [6.45, 7) is 5.50. The van der Waals surface area contributed by atoms with E-state index in [0.717, 1.165) is 12.5 Å². The van der Waals surface area contributed by atoms with Crippen LogP contribution in [-0.2, 0) is 4.79 Å². The molecule has 0 aromatic heterocycles. The summed E-state index contributed by atoms with van der Waals surface area (Å²) >= 11 is 0. The lowest BCUT2D eigenvalue weighted by Gasteiger charge is -2.28. The monoisotopic (exact) mass is 226 g/mol. The molecule has 0 unspecified atom stereocenters. The summed E-state index contributed by atoms with van der Waals surface area (Å²) in [6.07, 6.45) is 6.76. The Bertz CT molecular complexity index is 212. The van der Waals surface area contributed by atoms with Gasteiger partial charge in [0.15, 0.2) is 0 Å². The molecule has 94 valence electrons. The SMILES string of the molecule is CCN(C)C(=O)CN[C@H](C)C1CCCCC1. The third-order valence-electron chi connectivity index (χ3n) is 3.83. The number of hydrogen-bond donors (Lipinski definition) is 1. The van der Waals surface area contributed by atoms with Crippen LogP contribution in [0.25, 0.3) is 0 Å². The Balaban J connectivity index is 2.23. The molecule has 1 aliphatic rings. The molecule has 3 nitrogen and oxygen atoms in total. The average molecular weight is 226 g/mol. The summed E-state index contributed by atoms with van der Waals surface area (Å²) in [5.74, 6) is 0.971. The molecule has 1 atom stereocenters. The second-order valence-corrected chi connectivity index (χ2v) is 4.98. The van der Waals surface area contributed by atoms with Gasteiger partial charge in [-0.1, -0.05) is 19.3 Å². The molecular weight excluding hydrogens is 200 g/mol. The Morgan fingerprint density at radius 1 is 1.38 bits per heavy atom. The molecule has 0 spiro atoms. The number of rotatable bonds is 5. The van der Waals surface area contributed by atoms with Crippen molar-refractivity contribution in [1.82, 2.24) is 10.2 Å². The quantitative estimate of drug-likeness (QED) is 0.778. The smallest absolute Gasteiger partial charge is 0.236 e. The lowest BCUT2D eigenvalue weighted by molar-refractivity contribution is -0.128. The van der Waals surface area contributed by atoms with Crippen molar-refractivity contribution in [3.8, 4) is 0 Å². The molecule has 1 rings (SSSR count). The Kier molecular flexibility index (Phi) is 5.81. The highest BCUT2D eigenvalue weighted by atomic mass is 16.2. The van der Waals surface area contributed by atoms with Crippen LogP contribution in [0.15, 0.2) is 0 Å². The van der Waals surface area contributed by atoms with E-state index in [0.29, 0.717) is 12.6 Å². The van der Waals surface area contributed by atoms with Gasteiger partial charge in [0, 0.05) is 19.6 Å². The van der Waals surface area contributed by atoms with Crippen LogP contribution in [0.5, 0.6) is 0 Å². The van der Waals surface area contributed by atoms with Crippen LogP contribution in [-0.4, -0.2) is 37.0 Å². The van der Waals surface area contributed by atoms with E-state index >= 15 is 0 Å². The fourth-order valence-corrected chi connectivity index (χ4v) is 2.36. The maximum Gasteiger partial charge on any atom is 0.236 e. The molecule has 0 aromatic carbocycles. The van der Waals surface area contributed by atoms with Crippen LogP contribution in [0.4, 0.5) is 0 Å². The molecule has 1 amide bonds. The lowest BCUT2D eigenvalue weighted by Crippen LogP contribution is -2.42. The minimum Gasteiger partial charge on any atom is -0.345 e. The van der Waals surface area contributed by atoms with Crippen LogP contribution in [0.1, 0.15) is 46.0 Å². The Morgan fingerprint density at radius 3 is 2.56 bits per heavy atom. The zero-order chi connectivity index (χ0) is 12.0. The minimum atomic E-state index is 0.199. The van der Waals surface area contributed by atoms with E-state index in [-0.39, 0.29) is 5.91 Å². The summed E-state index contributed by atoms with van der Waals surface area (Å²) in [6, 6.07) is 0.481. The van der Waals surface area contributed by atoms with Crippen LogP contribution in [0.3, 0.4) is 0 Å². The summed E-state index contributed by atoms with van der Waals surface area (Å²) in [4.78, 5) is 13.4. The predicted octanol–water partition coefficient (Wildman–Crippen LogP) is 2.02. The van der Waals surface area contributed by atoms with Crippen molar-refractivity contribution < 1.29 is 4.79 Å². The van der Waals surface area contributed by atoms with Crippen molar-refractivity contribution in [2.24, 2.45) is 5.92 Å². The standard InChI is InChI=1S/C13H26N2O/c1-4-15(3)13(16)10-14-11(2)12-8-6-5-7-9-12/h11-12,14H,4-10H2,1-3H3/t11-/m1/s1. The number of nitrogens with zero attached hydrogens (tertiary/aromatic N) is 1. The second-order valence-electron chi connectivity index (χ2n) is 4.98. The van der Waals surface area contributed by atoms with Crippen LogP contribution < -0.4 is 5.32 Å². The van der Waals surface area contributed by atoms with E-state index in [2.05, 4.69) is 12.2 Å². The molecule has 3 heteroatoms. The maximum atomic E-state index is 11.6. The topological polar surface area (TPSA) is 32.3 Å². The van der Waals surface area contributed by atoms with Crippen molar-refractivity contribution in [3.05, 3.63) is 0 Å². The molecule has 0 saturated heterocycles. The van der Waals surface area contributed by atoms with E-state index in [1.54, 1.807) is 4.90 Å². The van der Waals surface area contributed by atoms with Gasteiger partial charge in [0.2, 0.25) is 5.91 Å². The van der Waals surface area contributed by atoms with Gasteiger partial charge in [0.1, 0.15) is 0 Å². The van der Waals surface area contributed by atoms with E-state index in [1.807, 2.05) is 14.0 Å². The van der Waals surface area contributed by atoms with E-state index in [4.69, 9.17) is 0 Å². The van der Waals surface area contributed by atoms with Gasteiger partial charge in [0.05, 0.1) is 6.54 Å². The van der Waals surface area contributed by atoms with Gasteiger partial charge in [0.25, 0.3) is 0 Å². The average Bonchev–Trinajstić information content (AvgIpc) is 2.35. The van der Waals surface area contributed by atoms with Crippen molar-refractivity contribution in [2.45, 2.75) is 52.0 Å². The van der Waals surface area contributed by atoms with E-state index in [9.17, 15) is 4.79 Å². The summed E-state index contributed by atoms with van der Waals surface area (Å²) in [7, 11) is 1.86. The first kappa shape index (κ1) is 13.5.